The number of rotatable bonds is 4. The summed E-state index contributed by atoms with van der Waals surface area (Å²) in [6.07, 6.45) is 10.9. The van der Waals surface area contributed by atoms with E-state index in [2.05, 4.69) is 25.3 Å². The van der Waals surface area contributed by atoms with E-state index in [4.69, 9.17) is 5.73 Å². The number of aromatic nitrogens is 4. The second kappa shape index (κ2) is 7.21. The number of hydrogen-bond acceptors (Lipinski definition) is 7. The monoisotopic (exact) mass is 313 g/mol. The van der Waals surface area contributed by atoms with Crippen molar-refractivity contribution in [1.82, 2.24) is 19.9 Å². The third-order valence-electron chi connectivity index (χ3n) is 4.18. The van der Waals surface area contributed by atoms with Gasteiger partial charge >= 0.3 is 0 Å². The lowest BCUT2D eigenvalue weighted by Gasteiger charge is -2.20. The van der Waals surface area contributed by atoms with E-state index < -0.39 is 0 Å². The van der Waals surface area contributed by atoms with Gasteiger partial charge in [-0.25, -0.2) is 0 Å². The third kappa shape index (κ3) is 4.06. The Balaban J connectivity index is 1.78. The smallest absolute Gasteiger partial charge is 0.236 e. The van der Waals surface area contributed by atoms with Gasteiger partial charge in [0, 0.05) is 31.2 Å². The third-order valence-corrected chi connectivity index (χ3v) is 4.18. The lowest BCUT2D eigenvalue weighted by molar-refractivity contribution is 0.614. The minimum atomic E-state index is 0.229. The van der Waals surface area contributed by atoms with E-state index in [-0.39, 0.29) is 5.95 Å². The van der Waals surface area contributed by atoms with Crippen LogP contribution in [-0.2, 0) is 0 Å². The molecular weight excluding hydrogens is 290 g/mol. The van der Waals surface area contributed by atoms with E-state index >= 15 is 0 Å². The van der Waals surface area contributed by atoms with Crippen molar-refractivity contribution in [2.24, 2.45) is 0 Å². The standard InChI is InChI=1S/C16H23N7/c1-23(13-8-10-18-11-9-13)16-21-14(17)20-15(22-16)19-12-6-4-2-3-5-7-12/h8-12H,2-7H2,1H3,(H3,17,19,20,21,22). The van der Waals surface area contributed by atoms with Gasteiger partial charge < -0.3 is 16.0 Å². The minimum absolute atomic E-state index is 0.229. The zero-order valence-electron chi connectivity index (χ0n) is 13.4. The summed E-state index contributed by atoms with van der Waals surface area (Å²) in [7, 11) is 1.90. The number of nitrogens with one attached hydrogen (secondary N) is 1. The molecule has 2 aromatic heterocycles. The summed E-state index contributed by atoms with van der Waals surface area (Å²) >= 11 is 0. The molecule has 1 fully saturated rings. The zero-order valence-corrected chi connectivity index (χ0v) is 13.4. The van der Waals surface area contributed by atoms with Crippen molar-refractivity contribution in [2.45, 2.75) is 44.6 Å². The van der Waals surface area contributed by atoms with Gasteiger partial charge in [-0.3, -0.25) is 4.98 Å². The van der Waals surface area contributed by atoms with Gasteiger partial charge in [-0.05, 0) is 25.0 Å². The number of anilines is 4. The molecule has 7 nitrogen and oxygen atoms in total. The SMILES string of the molecule is CN(c1ccncc1)c1nc(N)nc(NC2CCCCCC2)n1. The summed E-state index contributed by atoms with van der Waals surface area (Å²) in [5, 5.41) is 3.43. The maximum absolute atomic E-state index is 5.87. The molecule has 3 N–H and O–H groups in total. The van der Waals surface area contributed by atoms with Gasteiger partial charge in [0.1, 0.15) is 0 Å². The Morgan fingerprint density at radius 2 is 1.74 bits per heavy atom. The molecule has 0 saturated heterocycles. The normalized spacial score (nSPS) is 15.9. The average molecular weight is 313 g/mol. The number of nitrogens with two attached hydrogens (primary N) is 1. The van der Waals surface area contributed by atoms with Gasteiger partial charge in [-0.1, -0.05) is 25.7 Å². The molecule has 0 unspecified atom stereocenters. The molecule has 1 aliphatic rings. The van der Waals surface area contributed by atoms with Crippen LogP contribution in [-0.4, -0.2) is 33.0 Å². The maximum Gasteiger partial charge on any atom is 0.236 e. The Morgan fingerprint density at radius 3 is 2.43 bits per heavy atom. The van der Waals surface area contributed by atoms with Gasteiger partial charge in [0.05, 0.1) is 0 Å². The minimum Gasteiger partial charge on any atom is -0.368 e. The number of hydrogen-bond donors (Lipinski definition) is 2. The van der Waals surface area contributed by atoms with E-state index in [1.165, 1.54) is 25.7 Å². The second-order valence-corrected chi connectivity index (χ2v) is 5.91. The summed E-state index contributed by atoms with van der Waals surface area (Å²) in [5.74, 6) is 1.31. The molecule has 0 spiro atoms. The van der Waals surface area contributed by atoms with E-state index in [1.54, 1.807) is 12.4 Å². The highest BCUT2D eigenvalue weighted by atomic mass is 15.3. The highest BCUT2D eigenvalue weighted by Gasteiger charge is 2.15. The van der Waals surface area contributed by atoms with Gasteiger partial charge in [-0.15, -0.1) is 0 Å². The van der Waals surface area contributed by atoms with Crippen LogP contribution in [0.1, 0.15) is 38.5 Å². The molecule has 1 aliphatic carbocycles. The highest BCUT2D eigenvalue weighted by Crippen LogP contribution is 2.23. The lowest BCUT2D eigenvalue weighted by atomic mass is 10.1. The van der Waals surface area contributed by atoms with Gasteiger partial charge in [-0.2, -0.15) is 15.0 Å². The summed E-state index contributed by atoms with van der Waals surface area (Å²) in [6.45, 7) is 0. The average Bonchev–Trinajstić information content (AvgIpc) is 2.83. The van der Waals surface area contributed by atoms with Crippen LogP contribution in [0.25, 0.3) is 0 Å². The van der Waals surface area contributed by atoms with Gasteiger partial charge in [0.2, 0.25) is 17.8 Å². The molecule has 7 heteroatoms. The number of pyridine rings is 1. The van der Waals surface area contributed by atoms with Crippen LogP contribution in [0.4, 0.5) is 23.5 Å². The van der Waals surface area contributed by atoms with Crippen molar-refractivity contribution in [3.8, 4) is 0 Å². The predicted octanol–water partition coefficient (Wildman–Crippen LogP) is 2.75. The summed E-state index contributed by atoms with van der Waals surface area (Å²) < 4.78 is 0. The number of nitrogen functional groups attached to an aromatic ring is 1. The first kappa shape index (κ1) is 15.5. The molecule has 0 atom stereocenters. The Labute approximate surface area is 136 Å². The van der Waals surface area contributed by atoms with Crippen LogP contribution in [0, 0.1) is 0 Å². The first-order valence-electron chi connectivity index (χ1n) is 8.14. The first-order chi connectivity index (χ1) is 11.2. The van der Waals surface area contributed by atoms with Crippen molar-refractivity contribution in [2.75, 3.05) is 23.0 Å². The molecule has 122 valence electrons. The first-order valence-corrected chi connectivity index (χ1v) is 8.14. The fourth-order valence-corrected chi connectivity index (χ4v) is 2.88. The van der Waals surface area contributed by atoms with Crippen LogP contribution >= 0.6 is 0 Å². The van der Waals surface area contributed by atoms with Crippen molar-refractivity contribution < 1.29 is 0 Å². The fraction of sp³-hybridized carbons (Fsp3) is 0.500. The quantitative estimate of drug-likeness (QED) is 0.838. The van der Waals surface area contributed by atoms with Crippen LogP contribution in [0.2, 0.25) is 0 Å². The number of nitrogens with zero attached hydrogens (tertiary/aromatic N) is 5. The largest absolute Gasteiger partial charge is 0.368 e. The maximum atomic E-state index is 5.87. The Bertz CT molecular complexity index is 624. The summed E-state index contributed by atoms with van der Waals surface area (Å²) in [4.78, 5) is 18.9. The molecule has 2 aromatic rings. The Kier molecular flexibility index (Phi) is 4.85. The van der Waals surface area contributed by atoms with E-state index in [0.29, 0.717) is 17.9 Å². The van der Waals surface area contributed by atoms with Crippen LogP contribution in [0.5, 0.6) is 0 Å². The predicted molar refractivity (Wildman–Crippen MR) is 91.7 cm³/mol. The molecule has 0 bridgehead atoms. The molecule has 0 aromatic carbocycles. The second-order valence-electron chi connectivity index (χ2n) is 5.91. The molecule has 23 heavy (non-hydrogen) atoms. The van der Waals surface area contributed by atoms with Crippen molar-refractivity contribution >= 4 is 23.5 Å². The van der Waals surface area contributed by atoms with Gasteiger partial charge in [0.25, 0.3) is 0 Å². The highest BCUT2D eigenvalue weighted by molar-refractivity contribution is 5.57. The molecular formula is C16H23N7. The molecule has 0 amide bonds. The van der Waals surface area contributed by atoms with E-state index in [9.17, 15) is 0 Å². The van der Waals surface area contributed by atoms with Crippen LogP contribution < -0.4 is 16.0 Å². The Morgan fingerprint density at radius 1 is 1.04 bits per heavy atom. The van der Waals surface area contributed by atoms with Crippen molar-refractivity contribution in [1.29, 1.82) is 0 Å². The van der Waals surface area contributed by atoms with E-state index in [0.717, 1.165) is 18.5 Å². The molecule has 0 radical (unpaired) electrons. The summed E-state index contributed by atoms with van der Waals surface area (Å²) in [6, 6.07) is 4.22. The summed E-state index contributed by atoms with van der Waals surface area (Å²) in [5.41, 5.74) is 6.82. The van der Waals surface area contributed by atoms with Crippen LogP contribution in [0.15, 0.2) is 24.5 Å². The van der Waals surface area contributed by atoms with E-state index in [1.807, 2.05) is 24.1 Å². The Hall–Kier alpha value is -2.44. The molecule has 3 rings (SSSR count). The zero-order chi connectivity index (χ0) is 16.1. The van der Waals surface area contributed by atoms with Crippen molar-refractivity contribution in [3.05, 3.63) is 24.5 Å². The molecule has 0 aliphatic heterocycles. The topological polar surface area (TPSA) is 92.9 Å². The van der Waals surface area contributed by atoms with Crippen LogP contribution in [0.3, 0.4) is 0 Å². The molecule has 1 saturated carbocycles. The van der Waals surface area contributed by atoms with Crippen molar-refractivity contribution in [3.63, 3.8) is 0 Å². The fourth-order valence-electron chi connectivity index (χ4n) is 2.88. The molecule has 2 heterocycles. The lowest BCUT2D eigenvalue weighted by Crippen LogP contribution is -2.22. The van der Waals surface area contributed by atoms with Gasteiger partial charge in [0.15, 0.2) is 0 Å².